The first-order valence-corrected chi connectivity index (χ1v) is 4.52. The van der Waals surface area contributed by atoms with Gasteiger partial charge in [0, 0.05) is 26.1 Å². The molecular formula is C8H17N3O3. The fourth-order valence-electron chi connectivity index (χ4n) is 0.827. The number of aliphatic hydroxyl groups is 1. The van der Waals surface area contributed by atoms with Crippen molar-refractivity contribution < 1.29 is 14.7 Å². The van der Waals surface area contributed by atoms with Gasteiger partial charge in [-0.05, 0) is 6.92 Å². The van der Waals surface area contributed by atoms with E-state index in [1.807, 2.05) is 6.92 Å². The SMILES string of the molecule is CCNC(=O)CCNCC(O)C(N)=O. The van der Waals surface area contributed by atoms with E-state index in [1.165, 1.54) is 0 Å². The van der Waals surface area contributed by atoms with Gasteiger partial charge < -0.3 is 21.5 Å². The van der Waals surface area contributed by atoms with Crippen LogP contribution in [0.25, 0.3) is 0 Å². The van der Waals surface area contributed by atoms with Gasteiger partial charge in [0.25, 0.3) is 0 Å². The highest BCUT2D eigenvalue weighted by atomic mass is 16.3. The summed E-state index contributed by atoms with van der Waals surface area (Å²) in [5.74, 6) is -0.830. The Hall–Kier alpha value is -1.14. The van der Waals surface area contributed by atoms with Crippen molar-refractivity contribution in [1.29, 1.82) is 0 Å². The van der Waals surface area contributed by atoms with E-state index < -0.39 is 12.0 Å². The van der Waals surface area contributed by atoms with E-state index in [-0.39, 0.29) is 12.5 Å². The highest BCUT2D eigenvalue weighted by molar-refractivity contribution is 5.78. The highest BCUT2D eigenvalue weighted by Crippen LogP contribution is 1.80. The number of nitrogens with two attached hydrogens (primary N) is 1. The predicted octanol–water partition coefficient (Wildman–Crippen LogP) is -2.05. The summed E-state index contributed by atoms with van der Waals surface area (Å²) < 4.78 is 0. The predicted molar refractivity (Wildman–Crippen MR) is 51.4 cm³/mol. The number of carbonyl (C=O) groups is 2. The molecule has 0 heterocycles. The van der Waals surface area contributed by atoms with Crippen molar-refractivity contribution in [3.05, 3.63) is 0 Å². The molecule has 2 amide bonds. The lowest BCUT2D eigenvalue weighted by Gasteiger charge is -2.07. The summed E-state index contributed by atoms with van der Waals surface area (Å²) in [6.45, 7) is 2.93. The largest absolute Gasteiger partial charge is 0.382 e. The molecule has 6 nitrogen and oxygen atoms in total. The lowest BCUT2D eigenvalue weighted by molar-refractivity contribution is -0.125. The Morgan fingerprint density at radius 2 is 2.14 bits per heavy atom. The molecule has 0 radical (unpaired) electrons. The summed E-state index contributed by atoms with van der Waals surface area (Å²) in [6.07, 6.45) is -0.872. The van der Waals surface area contributed by atoms with Gasteiger partial charge in [-0.1, -0.05) is 0 Å². The summed E-state index contributed by atoms with van der Waals surface area (Å²) in [4.78, 5) is 21.3. The summed E-state index contributed by atoms with van der Waals surface area (Å²) in [6, 6.07) is 0. The number of primary amides is 1. The minimum Gasteiger partial charge on any atom is -0.382 e. The van der Waals surface area contributed by atoms with Crippen LogP contribution in [0.15, 0.2) is 0 Å². The van der Waals surface area contributed by atoms with Crippen molar-refractivity contribution in [3.63, 3.8) is 0 Å². The van der Waals surface area contributed by atoms with E-state index in [4.69, 9.17) is 10.8 Å². The monoisotopic (exact) mass is 203 g/mol. The molecule has 14 heavy (non-hydrogen) atoms. The topological polar surface area (TPSA) is 104 Å². The molecular weight excluding hydrogens is 186 g/mol. The standard InChI is InChI=1S/C8H17N3O3/c1-2-11-7(13)3-4-10-5-6(12)8(9)14/h6,10,12H,2-5H2,1H3,(H2,9,14)(H,11,13). The number of hydrogen-bond donors (Lipinski definition) is 4. The molecule has 0 saturated carbocycles. The van der Waals surface area contributed by atoms with Gasteiger partial charge in [-0.3, -0.25) is 9.59 Å². The summed E-state index contributed by atoms with van der Waals surface area (Å²) >= 11 is 0. The minimum absolute atomic E-state index is 0.0615. The van der Waals surface area contributed by atoms with Crippen LogP contribution in [-0.2, 0) is 9.59 Å². The zero-order valence-electron chi connectivity index (χ0n) is 8.25. The maximum atomic E-state index is 10.9. The molecule has 0 aromatic heterocycles. The number of hydrogen-bond acceptors (Lipinski definition) is 4. The Balaban J connectivity index is 3.37. The number of amides is 2. The number of carbonyl (C=O) groups excluding carboxylic acids is 2. The molecule has 82 valence electrons. The van der Waals surface area contributed by atoms with E-state index in [0.717, 1.165) is 0 Å². The second-order valence-electron chi connectivity index (χ2n) is 2.83. The number of nitrogens with one attached hydrogen (secondary N) is 2. The smallest absolute Gasteiger partial charge is 0.247 e. The van der Waals surface area contributed by atoms with Crippen molar-refractivity contribution >= 4 is 11.8 Å². The number of rotatable bonds is 7. The summed E-state index contributed by atoms with van der Waals surface area (Å²) in [7, 11) is 0. The minimum atomic E-state index is -1.19. The van der Waals surface area contributed by atoms with Gasteiger partial charge in [0.2, 0.25) is 11.8 Å². The Labute approximate surface area is 82.9 Å². The Bertz CT molecular complexity index is 196. The molecule has 0 aliphatic heterocycles. The van der Waals surface area contributed by atoms with Crippen LogP contribution in [0.4, 0.5) is 0 Å². The van der Waals surface area contributed by atoms with Crippen molar-refractivity contribution in [2.45, 2.75) is 19.4 Å². The zero-order valence-corrected chi connectivity index (χ0v) is 8.25. The fourth-order valence-corrected chi connectivity index (χ4v) is 0.827. The van der Waals surface area contributed by atoms with E-state index in [2.05, 4.69) is 10.6 Å². The van der Waals surface area contributed by atoms with Gasteiger partial charge in [0.1, 0.15) is 6.10 Å². The molecule has 1 atom stereocenters. The van der Waals surface area contributed by atoms with Crippen molar-refractivity contribution in [2.24, 2.45) is 5.73 Å². The molecule has 0 bridgehead atoms. The van der Waals surface area contributed by atoms with Crippen LogP contribution in [0.3, 0.4) is 0 Å². The number of aliphatic hydroxyl groups excluding tert-OH is 1. The Morgan fingerprint density at radius 3 is 2.64 bits per heavy atom. The van der Waals surface area contributed by atoms with Crippen LogP contribution in [0, 0.1) is 0 Å². The highest BCUT2D eigenvalue weighted by Gasteiger charge is 2.09. The van der Waals surface area contributed by atoms with E-state index in [1.54, 1.807) is 0 Å². The molecule has 0 rings (SSSR count). The average molecular weight is 203 g/mol. The molecule has 0 aromatic rings. The quantitative estimate of drug-likeness (QED) is 0.357. The lowest BCUT2D eigenvalue weighted by Crippen LogP contribution is -2.38. The van der Waals surface area contributed by atoms with Crippen LogP contribution in [0.5, 0.6) is 0 Å². The van der Waals surface area contributed by atoms with Gasteiger partial charge in [-0.2, -0.15) is 0 Å². The van der Waals surface area contributed by atoms with Gasteiger partial charge in [-0.25, -0.2) is 0 Å². The maximum Gasteiger partial charge on any atom is 0.247 e. The van der Waals surface area contributed by atoms with Gasteiger partial charge in [-0.15, -0.1) is 0 Å². The van der Waals surface area contributed by atoms with Gasteiger partial charge in [0.15, 0.2) is 0 Å². The molecule has 5 N–H and O–H groups in total. The molecule has 0 aliphatic rings. The lowest BCUT2D eigenvalue weighted by atomic mass is 10.3. The van der Waals surface area contributed by atoms with Crippen LogP contribution in [0.1, 0.15) is 13.3 Å². The van der Waals surface area contributed by atoms with Gasteiger partial charge in [0.05, 0.1) is 0 Å². The molecule has 0 aliphatic carbocycles. The van der Waals surface area contributed by atoms with Crippen molar-refractivity contribution in [3.8, 4) is 0 Å². The second kappa shape index (κ2) is 7.28. The van der Waals surface area contributed by atoms with Crippen molar-refractivity contribution in [1.82, 2.24) is 10.6 Å². The van der Waals surface area contributed by atoms with Gasteiger partial charge >= 0.3 is 0 Å². The van der Waals surface area contributed by atoms with E-state index in [0.29, 0.717) is 19.5 Å². The van der Waals surface area contributed by atoms with Crippen molar-refractivity contribution in [2.75, 3.05) is 19.6 Å². The fraction of sp³-hybridized carbons (Fsp3) is 0.750. The first-order valence-electron chi connectivity index (χ1n) is 4.52. The molecule has 0 saturated heterocycles. The summed E-state index contributed by atoms with van der Waals surface area (Å²) in [5, 5.41) is 14.3. The van der Waals surface area contributed by atoms with E-state index in [9.17, 15) is 9.59 Å². The van der Waals surface area contributed by atoms with Crippen LogP contribution >= 0.6 is 0 Å². The van der Waals surface area contributed by atoms with Crippen LogP contribution in [-0.4, -0.2) is 42.7 Å². The molecule has 0 spiro atoms. The third kappa shape index (κ3) is 6.38. The normalized spacial score (nSPS) is 12.1. The third-order valence-corrected chi connectivity index (χ3v) is 1.57. The molecule has 0 aromatic carbocycles. The van der Waals surface area contributed by atoms with Crippen LogP contribution < -0.4 is 16.4 Å². The first kappa shape index (κ1) is 12.9. The average Bonchev–Trinajstić information content (AvgIpc) is 2.12. The summed E-state index contributed by atoms with van der Waals surface area (Å²) in [5.41, 5.74) is 4.82. The van der Waals surface area contributed by atoms with E-state index >= 15 is 0 Å². The maximum absolute atomic E-state index is 10.9. The second-order valence-corrected chi connectivity index (χ2v) is 2.83. The zero-order chi connectivity index (χ0) is 11.0. The third-order valence-electron chi connectivity index (χ3n) is 1.57. The molecule has 0 fully saturated rings. The molecule has 1 unspecified atom stereocenters. The Morgan fingerprint density at radius 1 is 1.50 bits per heavy atom. The Kier molecular flexibility index (Phi) is 6.69. The first-order chi connectivity index (χ1) is 6.57. The molecule has 6 heteroatoms. The van der Waals surface area contributed by atoms with Crippen LogP contribution in [0.2, 0.25) is 0 Å².